The van der Waals surface area contributed by atoms with Crippen LogP contribution in [0, 0.1) is 17.8 Å². The zero-order valence-corrected chi connectivity index (χ0v) is 6.27. The molecule has 0 spiro atoms. The number of rotatable bonds is 0. The molecule has 2 aliphatic carbocycles. The molecule has 0 heteroatoms. The molecule has 52 valence electrons. The van der Waals surface area contributed by atoms with Crippen LogP contribution < -0.4 is 0 Å². The fraction of sp³-hybridized carbons (Fsp3) is 1.00. The van der Waals surface area contributed by atoms with Crippen molar-refractivity contribution >= 4 is 0 Å². The largest absolute Gasteiger partial charge is 0.0622 e. The fourth-order valence-corrected chi connectivity index (χ4v) is 2.86. The molecular weight excluding hydrogens is 108 g/mol. The molecule has 0 radical (unpaired) electrons. The van der Waals surface area contributed by atoms with Gasteiger partial charge in [0, 0.05) is 0 Å². The van der Waals surface area contributed by atoms with Gasteiger partial charge in [-0.25, -0.2) is 0 Å². The monoisotopic (exact) mass is 124 g/mol. The van der Waals surface area contributed by atoms with Gasteiger partial charge in [-0.2, -0.15) is 0 Å². The Morgan fingerprint density at radius 3 is 2.67 bits per heavy atom. The lowest BCUT2D eigenvalue weighted by atomic mass is 9.94. The highest BCUT2D eigenvalue weighted by Gasteiger charge is 2.36. The standard InChI is InChI=1S/C9H16/c1-7-5-6-8-3-2-4-9(7)8/h7-9H,2-6H2,1H3/t7-,8+,9-/m1/s1. The molecule has 2 saturated carbocycles. The van der Waals surface area contributed by atoms with Crippen LogP contribution in [0.2, 0.25) is 0 Å². The van der Waals surface area contributed by atoms with E-state index in [9.17, 15) is 0 Å². The third-order valence-corrected chi connectivity index (χ3v) is 3.44. The Morgan fingerprint density at radius 2 is 1.89 bits per heavy atom. The molecule has 0 nitrogen and oxygen atoms in total. The minimum Gasteiger partial charge on any atom is -0.0622 e. The van der Waals surface area contributed by atoms with Crippen molar-refractivity contribution in [3.05, 3.63) is 0 Å². The molecule has 0 N–H and O–H groups in total. The maximum absolute atomic E-state index is 2.44. The molecule has 2 rings (SSSR count). The van der Waals surface area contributed by atoms with Gasteiger partial charge in [-0.1, -0.05) is 26.2 Å². The van der Waals surface area contributed by atoms with Crippen LogP contribution >= 0.6 is 0 Å². The lowest BCUT2D eigenvalue weighted by Gasteiger charge is -2.11. The molecule has 0 bridgehead atoms. The van der Waals surface area contributed by atoms with Crippen molar-refractivity contribution in [1.82, 2.24) is 0 Å². The number of fused-ring (bicyclic) bond motifs is 1. The summed E-state index contributed by atoms with van der Waals surface area (Å²) < 4.78 is 0. The van der Waals surface area contributed by atoms with E-state index in [0.29, 0.717) is 0 Å². The summed E-state index contributed by atoms with van der Waals surface area (Å²) in [5.74, 6) is 3.36. The summed E-state index contributed by atoms with van der Waals surface area (Å²) in [5, 5.41) is 0. The van der Waals surface area contributed by atoms with Crippen molar-refractivity contribution in [2.75, 3.05) is 0 Å². The minimum atomic E-state index is 1.07. The average Bonchev–Trinajstić information content (AvgIpc) is 2.35. The van der Waals surface area contributed by atoms with E-state index >= 15 is 0 Å². The van der Waals surface area contributed by atoms with Gasteiger partial charge in [-0.05, 0) is 30.6 Å². The molecule has 2 fully saturated rings. The summed E-state index contributed by atoms with van der Waals surface area (Å²) in [4.78, 5) is 0. The van der Waals surface area contributed by atoms with Gasteiger partial charge in [0.2, 0.25) is 0 Å². The van der Waals surface area contributed by atoms with E-state index in [2.05, 4.69) is 6.92 Å². The maximum Gasteiger partial charge on any atom is -0.0360 e. The van der Waals surface area contributed by atoms with Crippen molar-refractivity contribution in [2.45, 2.75) is 39.0 Å². The average molecular weight is 124 g/mol. The van der Waals surface area contributed by atoms with Gasteiger partial charge in [0.15, 0.2) is 0 Å². The third-order valence-electron chi connectivity index (χ3n) is 3.44. The van der Waals surface area contributed by atoms with Gasteiger partial charge in [-0.15, -0.1) is 0 Å². The molecule has 0 aliphatic heterocycles. The number of hydrogen-bond acceptors (Lipinski definition) is 0. The molecular formula is C9H16. The minimum absolute atomic E-state index is 1.07. The second-order valence-electron chi connectivity index (χ2n) is 3.91. The summed E-state index contributed by atoms with van der Waals surface area (Å²) >= 11 is 0. The summed E-state index contributed by atoms with van der Waals surface area (Å²) in [5.41, 5.74) is 0. The predicted molar refractivity (Wildman–Crippen MR) is 39.2 cm³/mol. The maximum atomic E-state index is 2.44. The van der Waals surface area contributed by atoms with Crippen LogP contribution in [-0.2, 0) is 0 Å². The molecule has 3 atom stereocenters. The van der Waals surface area contributed by atoms with Crippen molar-refractivity contribution < 1.29 is 0 Å². The SMILES string of the molecule is C[C@@H]1CC[C@@H]2CCC[C@@H]21. The number of hydrogen-bond donors (Lipinski definition) is 0. The zero-order chi connectivity index (χ0) is 6.27. The van der Waals surface area contributed by atoms with E-state index in [0.717, 1.165) is 17.8 Å². The van der Waals surface area contributed by atoms with Crippen LogP contribution in [0.1, 0.15) is 39.0 Å². The highest BCUT2D eigenvalue weighted by Crippen LogP contribution is 2.46. The molecule has 0 heterocycles. The van der Waals surface area contributed by atoms with Gasteiger partial charge >= 0.3 is 0 Å². The summed E-state index contributed by atoms with van der Waals surface area (Å²) in [6, 6.07) is 0. The first kappa shape index (κ1) is 5.76. The predicted octanol–water partition coefficient (Wildman–Crippen LogP) is 2.83. The molecule has 0 saturated heterocycles. The van der Waals surface area contributed by atoms with E-state index in [1.54, 1.807) is 19.3 Å². The van der Waals surface area contributed by atoms with Gasteiger partial charge < -0.3 is 0 Å². The van der Waals surface area contributed by atoms with E-state index in [1.807, 2.05) is 0 Å². The molecule has 0 amide bonds. The Hall–Kier alpha value is 0. The lowest BCUT2D eigenvalue weighted by molar-refractivity contribution is 0.376. The molecule has 0 aromatic rings. The Kier molecular flexibility index (Phi) is 1.28. The van der Waals surface area contributed by atoms with Crippen molar-refractivity contribution in [3.63, 3.8) is 0 Å². The Morgan fingerprint density at radius 1 is 1.00 bits per heavy atom. The van der Waals surface area contributed by atoms with Gasteiger partial charge in [0.25, 0.3) is 0 Å². The lowest BCUT2D eigenvalue weighted by Crippen LogP contribution is -2.04. The smallest absolute Gasteiger partial charge is 0.0360 e. The Labute approximate surface area is 57.6 Å². The van der Waals surface area contributed by atoms with Crippen LogP contribution in [0.4, 0.5) is 0 Å². The van der Waals surface area contributed by atoms with Crippen LogP contribution in [0.3, 0.4) is 0 Å². The van der Waals surface area contributed by atoms with Crippen LogP contribution in [-0.4, -0.2) is 0 Å². The normalized spacial score (nSPS) is 49.7. The van der Waals surface area contributed by atoms with Gasteiger partial charge in [-0.3, -0.25) is 0 Å². The van der Waals surface area contributed by atoms with E-state index in [4.69, 9.17) is 0 Å². The van der Waals surface area contributed by atoms with Crippen LogP contribution in [0.25, 0.3) is 0 Å². The first-order chi connectivity index (χ1) is 4.38. The topological polar surface area (TPSA) is 0 Å². The van der Waals surface area contributed by atoms with Crippen molar-refractivity contribution in [1.29, 1.82) is 0 Å². The van der Waals surface area contributed by atoms with Gasteiger partial charge in [0.05, 0.1) is 0 Å². The Bertz CT molecular complexity index is 107. The second kappa shape index (κ2) is 2.00. The van der Waals surface area contributed by atoms with Crippen molar-refractivity contribution in [3.8, 4) is 0 Å². The van der Waals surface area contributed by atoms with Crippen LogP contribution in [0.5, 0.6) is 0 Å². The fourth-order valence-electron chi connectivity index (χ4n) is 2.86. The van der Waals surface area contributed by atoms with Gasteiger partial charge in [0.1, 0.15) is 0 Å². The van der Waals surface area contributed by atoms with E-state index < -0.39 is 0 Å². The first-order valence-electron chi connectivity index (χ1n) is 4.38. The summed E-state index contributed by atoms with van der Waals surface area (Å²) in [7, 11) is 0. The molecule has 9 heavy (non-hydrogen) atoms. The molecule has 2 aliphatic rings. The van der Waals surface area contributed by atoms with E-state index in [1.165, 1.54) is 12.8 Å². The first-order valence-corrected chi connectivity index (χ1v) is 4.38. The van der Waals surface area contributed by atoms with Crippen molar-refractivity contribution in [2.24, 2.45) is 17.8 Å². The zero-order valence-electron chi connectivity index (χ0n) is 6.27. The van der Waals surface area contributed by atoms with Crippen LogP contribution in [0.15, 0.2) is 0 Å². The highest BCUT2D eigenvalue weighted by molar-refractivity contribution is 4.86. The summed E-state index contributed by atoms with van der Waals surface area (Å²) in [6.45, 7) is 2.44. The molecule has 0 unspecified atom stereocenters. The summed E-state index contributed by atoms with van der Waals surface area (Å²) in [6.07, 6.45) is 7.70. The second-order valence-corrected chi connectivity index (χ2v) is 3.91. The highest BCUT2D eigenvalue weighted by atomic mass is 14.4. The third kappa shape index (κ3) is 0.798. The quantitative estimate of drug-likeness (QED) is 0.466. The van der Waals surface area contributed by atoms with E-state index in [-0.39, 0.29) is 0 Å². The Balaban J connectivity index is 2.07. The molecule has 0 aromatic heterocycles. The molecule has 0 aromatic carbocycles.